The van der Waals surface area contributed by atoms with Gasteiger partial charge >= 0.3 is 0 Å². The number of para-hydroxylation sites is 3. The molecule has 10 aromatic rings. The minimum absolute atomic E-state index is 0.869. The van der Waals surface area contributed by atoms with Crippen molar-refractivity contribution in [1.29, 1.82) is 0 Å². The third-order valence-corrected chi connectivity index (χ3v) is 9.73. The largest absolute Gasteiger partial charge is 0.456 e. The highest BCUT2D eigenvalue weighted by Gasteiger charge is 2.25. The number of hydrogen-bond acceptors (Lipinski definition) is 2. The Morgan fingerprint density at radius 1 is 0.449 bits per heavy atom. The van der Waals surface area contributed by atoms with Crippen LogP contribution in [-0.4, -0.2) is 4.57 Å². The molecule has 2 heterocycles. The average Bonchev–Trinajstić information content (AvgIpc) is 3.72. The lowest BCUT2D eigenvalue weighted by Crippen LogP contribution is -2.10. The SMILES string of the molecule is c1ccc(-c2cccc3c2c2c(N(c4ccccc4)c4ccc5c(c4)oc4ccccc45)cc4ccccc4c2n3-c2ccccc2)cc1. The average molecular weight is 627 g/mol. The summed E-state index contributed by atoms with van der Waals surface area (Å²) in [5, 5.41) is 7.05. The number of benzene rings is 8. The van der Waals surface area contributed by atoms with Gasteiger partial charge in [0.05, 0.1) is 16.7 Å². The zero-order valence-electron chi connectivity index (χ0n) is 26.6. The molecule has 0 fully saturated rings. The van der Waals surface area contributed by atoms with E-state index in [4.69, 9.17) is 4.42 Å². The molecular formula is C46H30N2O. The molecule has 0 aliphatic carbocycles. The van der Waals surface area contributed by atoms with Gasteiger partial charge in [0.1, 0.15) is 11.2 Å². The lowest BCUT2D eigenvalue weighted by Gasteiger charge is -2.27. The number of fused-ring (bicyclic) bond motifs is 8. The van der Waals surface area contributed by atoms with Gasteiger partial charge in [0.15, 0.2) is 0 Å². The van der Waals surface area contributed by atoms with Gasteiger partial charge in [-0.1, -0.05) is 121 Å². The van der Waals surface area contributed by atoms with E-state index in [1.54, 1.807) is 0 Å². The van der Waals surface area contributed by atoms with E-state index in [9.17, 15) is 0 Å². The van der Waals surface area contributed by atoms with Crippen LogP contribution in [0, 0.1) is 0 Å². The van der Waals surface area contributed by atoms with E-state index in [0.717, 1.165) is 44.7 Å². The van der Waals surface area contributed by atoms with Crippen LogP contribution in [-0.2, 0) is 0 Å². The number of furan rings is 1. The molecule has 0 N–H and O–H groups in total. The van der Waals surface area contributed by atoms with E-state index < -0.39 is 0 Å². The first-order valence-electron chi connectivity index (χ1n) is 16.7. The van der Waals surface area contributed by atoms with Gasteiger partial charge in [-0.3, -0.25) is 0 Å². The lowest BCUT2D eigenvalue weighted by atomic mass is 9.96. The van der Waals surface area contributed by atoms with Crippen molar-refractivity contribution in [3.8, 4) is 16.8 Å². The molecule has 0 unspecified atom stereocenters. The molecule has 0 atom stereocenters. The molecule has 0 spiro atoms. The van der Waals surface area contributed by atoms with Crippen molar-refractivity contribution in [2.75, 3.05) is 4.90 Å². The maximum atomic E-state index is 6.45. The Kier molecular flexibility index (Phi) is 6.18. The zero-order chi connectivity index (χ0) is 32.3. The molecule has 49 heavy (non-hydrogen) atoms. The Morgan fingerprint density at radius 3 is 1.94 bits per heavy atom. The summed E-state index contributed by atoms with van der Waals surface area (Å²) in [7, 11) is 0. The fraction of sp³-hybridized carbons (Fsp3) is 0. The van der Waals surface area contributed by atoms with Gasteiger partial charge < -0.3 is 13.9 Å². The van der Waals surface area contributed by atoms with Gasteiger partial charge in [0, 0.05) is 50.1 Å². The molecular weight excluding hydrogens is 597 g/mol. The van der Waals surface area contributed by atoms with Crippen LogP contribution in [0.2, 0.25) is 0 Å². The molecule has 0 amide bonds. The molecule has 230 valence electrons. The Hall–Kier alpha value is -6.58. The number of anilines is 3. The Balaban J connectivity index is 1.39. The Labute approximate surface area is 283 Å². The normalized spacial score (nSPS) is 11.7. The Morgan fingerprint density at radius 2 is 1.12 bits per heavy atom. The van der Waals surface area contributed by atoms with Gasteiger partial charge in [0.2, 0.25) is 0 Å². The number of hydrogen-bond donors (Lipinski definition) is 0. The summed E-state index contributed by atoms with van der Waals surface area (Å²) in [5.74, 6) is 0. The van der Waals surface area contributed by atoms with Gasteiger partial charge in [-0.15, -0.1) is 0 Å². The first kappa shape index (κ1) is 27.5. The molecule has 0 radical (unpaired) electrons. The van der Waals surface area contributed by atoms with Crippen LogP contribution < -0.4 is 4.90 Å². The van der Waals surface area contributed by atoms with E-state index in [-0.39, 0.29) is 0 Å². The van der Waals surface area contributed by atoms with Gasteiger partial charge in [0.25, 0.3) is 0 Å². The van der Waals surface area contributed by atoms with Crippen molar-refractivity contribution in [3.63, 3.8) is 0 Å². The Bertz CT molecular complexity index is 2810. The minimum atomic E-state index is 0.869. The van der Waals surface area contributed by atoms with E-state index in [1.807, 2.05) is 12.1 Å². The zero-order valence-corrected chi connectivity index (χ0v) is 26.6. The fourth-order valence-electron chi connectivity index (χ4n) is 7.64. The summed E-state index contributed by atoms with van der Waals surface area (Å²) in [6, 6.07) is 65.0. The third kappa shape index (κ3) is 4.29. The first-order chi connectivity index (χ1) is 24.3. The molecule has 0 aliphatic rings. The van der Waals surface area contributed by atoms with Crippen molar-refractivity contribution in [3.05, 3.63) is 182 Å². The molecule has 0 saturated heterocycles. The van der Waals surface area contributed by atoms with E-state index in [2.05, 4.69) is 179 Å². The van der Waals surface area contributed by atoms with E-state index in [1.165, 1.54) is 43.7 Å². The van der Waals surface area contributed by atoms with Crippen molar-refractivity contribution < 1.29 is 4.42 Å². The summed E-state index contributed by atoms with van der Waals surface area (Å²) in [6.45, 7) is 0. The maximum absolute atomic E-state index is 6.45. The second kappa shape index (κ2) is 11.0. The summed E-state index contributed by atoms with van der Waals surface area (Å²) in [4.78, 5) is 2.40. The molecule has 10 rings (SSSR count). The summed E-state index contributed by atoms with van der Waals surface area (Å²) < 4.78 is 8.90. The maximum Gasteiger partial charge on any atom is 0.137 e. The second-order valence-corrected chi connectivity index (χ2v) is 12.5. The standard InChI is InChI=1S/C46H30N2O/c1-4-15-31(16-5-1)36-24-14-25-40-44(36)45-41(29-32-17-10-11-22-37(32)46(45)48(40)34-20-8-3-9-21-34)47(33-18-6-2-7-19-33)35-27-28-39-38-23-12-13-26-42(38)49-43(39)30-35/h1-30H. The van der Waals surface area contributed by atoms with E-state index in [0.29, 0.717) is 0 Å². The molecule has 0 aliphatic heterocycles. The van der Waals surface area contributed by atoms with Crippen molar-refractivity contribution in [2.45, 2.75) is 0 Å². The number of aromatic nitrogens is 1. The molecule has 2 aromatic heterocycles. The summed E-state index contributed by atoms with van der Waals surface area (Å²) >= 11 is 0. The molecule has 0 saturated carbocycles. The molecule has 8 aromatic carbocycles. The van der Waals surface area contributed by atoms with Crippen LogP contribution in [0.1, 0.15) is 0 Å². The summed E-state index contributed by atoms with van der Waals surface area (Å²) in [6.07, 6.45) is 0. The third-order valence-electron chi connectivity index (χ3n) is 9.73. The molecule has 3 heteroatoms. The van der Waals surface area contributed by atoms with Crippen LogP contribution in [0.25, 0.3) is 71.3 Å². The lowest BCUT2D eigenvalue weighted by molar-refractivity contribution is 0.669. The number of rotatable bonds is 5. The van der Waals surface area contributed by atoms with Crippen LogP contribution in [0.4, 0.5) is 17.1 Å². The van der Waals surface area contributed by atoms with Gasteiger partial charge in [-0.05, 0) is 71.1 Å². The monoisotopic (exact) mass is 626 g/mol. The molecule has 0 bridgehead atoms. The van der Waals surface area contributed by atoms with Crippen molar-refractivity contribution in [2.24, 2.45) is 0 Å². The van der Waals surface area contributed by atoms with Gasteiger partial charge in [-0.25, -0.2) is 0 Å². The minimum Gasteiger partial charge on any atom is -0.456 e. The topological polar surface area (TPSA) is 21.3 Å². The predicted molar refractivity (Wildman–Crippen MR) is 206 cm³/mol. The van der Waals surface area contributed by atoms with E-state index >= 15 is 0 Å². The van der Waals surface area contributed by atoms with Crippen LogP contribution in [0.3, 0.4) is 0 Å². The van der Waals surface area contributed by atoms with Crippen LogP contribution in [0.15, 0.2) is 186 Å². The second-order valence-electron chi connectivity index (χ2n) is 12.5. The van der Waals surface area contributed by atoms with Crippen molar-refractivity contribution in [1.82, 2.24) is 4.57 Å². The first-order valence-corrected chi connectivity index (χ1v) is 16.7. The molecule has 3 nitrogen and oxygen atoms in total. The van der Waals surface area contributed by atoms with Crippen LogP contribution in [0.5, 0.6) is 0 Å². The summed E-state index contributed by atoms with van der Waals surface area (Å²) in [5.41, 5.74) is 10.9. The highest BCUT2D eigenvalue weighted by Crippen LogP contribution is 2.49. The highest BCUT2D eigenvalue weighted by atomic mass is 16.3. The quantitative estimate of drug-likeness (QED) is 0.190. The smallest absolute Gasteiger partial charge is 0.137 e. The predicted octanol–water partition coefficient (Wildman–Crippen LogP) is 13.0. The van der Waals surface area contributed by atoms with Crippen molar-refractivity contribution >= 4 is 71.6 Å². The highest BCUT2D eigenvalue weighted by molar-refractivity contribution is 6.27. The van der Waals surface area contributed by atoms with Crippen LogP contribution >= 0.6 is 0 Å². The fourth-order valence-corrected chi connectivity index (χ4v) is 7.64. The van der Waals surface area contributed by atoms with Gasteiger partial charge in [-0.2, -0.15) is 0 Å². The number of nitrogens with zero attached hydrogens (tertiary/aromatic N) is 2.